The maximum Gasteiger partial charge on any atom is 0.302 e. The van der Waals surface area contributed by atoms with E-state index in [4.69, 9.17) is 9.47 Å². The van der Waals surface area contributed by atoms with Crippen molar-refractivity contribution in [2.75, 3.05) is 13.7 Å². The number of ether oxygens (including phenoxy) is 2. The lowest BCUT2D eigenvalue weighted by molar-refractivity contribution is -0.139. The van der Waals surface area contributed by atoms with Crippen molar-refractivity contribution in [3.63, 3.8) is 0 Å². The Morgan fingerprint density at radius 2 is 2.16 bits per heavy atom. The van der Waals surface area contributed by atoms with E-state index in [1.807, 2.05) is 36.4 Å². The Morgan fingerprint density at radius 3 is 2.79 bits per heavy atom. The van der Waals surface area contributed by atoms with Crippen LogP contribution in [0.15, 0.2) is 36.9 Å². The molecule has 0 aromatic heterocycles. The molecule has 3 nitrogen and oxygen atoms in total. The van der Waals surface area contributed by atoms with Gasteiger partial charge in [-0.15, -0.1) is 0 Å². The van der Waals surface area contributed by atoms with Crippen LogP contribution in [0.2, 0.25) is 0 Å². The molecule has 0 saturated carbocycles. The van der Waals surface area contributed by atoms with Crippen LogP contribution in [0.1, 0.15) is 24.5 Å². The van der Waals surface area contributed by atoms with Gasteiger partial charge in [0.25, 0.3) is 0 Å². The number of hydrogen-bond donors (Lipinski definition) is 0. The summed E-state index contributed by atoms with van der Waals surface area (Å²) in [7, 11) is 1.66. The number of aryl methyl sites for hydroxylation is 1. The third kappa shape index (κ3) is 5.42. The summed E-state index contributed by atoms with van der Waals surface area (Å²) >= 11 is 0. The van der Waals surface area contributed by atoms with E-state index in [9.17, 15) is 4.79 Å². The van der Waals surface area contributed by atoms with Crippen molar-refractivity contribution in [3.05, 3.63) is 48.1 Å². The van der Waals surface area contributed by atoms with Crippen LogP contribution in [0.4, 0.5) is 0 Å². The number of methoxy groups -OCH3 is 1. The van der Waals surface area contributed by atoms with Gasteiger partial charge in [-0.2, -0.15) is 0 Å². The fraction of sp³-hybridized carbons (Fsp3) is 0.312. The minimum Gasteiger partial charge on any atom is -0.497 e. The number of carbonyl (C=O) groups excluding carboxylic acids is 1. The van der Waals surface area contributed by atoms with Gasteiger partial charge in [0.2, 0.25) is 0 Å². The predicted molar refractivity (Wildman–Crippen MR) is 77.2 cm³/mol. The van der Waals surface area contributed by atoms with Crippen LogP contribution in [0.3, 0.4) is 0 Å². The molecular weight excluding hydrogens is 240 g/mol. The second kappa shape index (κ2) is 8.14. The van der Waals surface area contributed by atoms with Crippen molar-refractivity contribution >= 4 is 12.0 Å². The topological polar surface area (TPSA) is 35.5 Å². The first-order valence-corrected chi connectivity index (χ1v) is 6.25. The van der Waals surface area contributed by atoms with Crippen LogP contribution < -0.4 is 4.74 Å². The van der Waals surface area contributed by atoms with Crippen LogP contribution >= 0.6 is 0 Å². The fourth-order valence-corrected chi connectivity index (χ4v) is 1.71. The molecule has 0 amide bonds. The lowest BCUT2D eigenvalue weighted by atomic mass is 10.0. The summed E-state index contributed by atoms with van der Waals surface area (Å²) in [6.45, 7) is 5.55. The molecule has 0 aliphatic rings. The quantitative estimate of drug-likeness (QED) is 0.557. The molecule has 0 saturated heterocycles. The molecule has 0 fully saturated rings. The highest BCUT2D eigenvalue weighted by Crippen LogP contribution is 2.20. The Morgan fingerprint density at radius 1 is 1.37 bits per heavy atom. The van der Waals surface area contributed by atoms with E-state index in [1.54, 1.807) is 7.11 Å². The van der Waals surface area contributed by atoms with Crippen LogP contribution in [-0.2, 0) is 16.0 Å². The Hall–Kier alpha value is -2.03. The molecule has 0 bridgehead atoms. The zero-order valence-corrected chi connectivity index (χ0v) is 11.5. The normalized spacial score (nSPS) is 10.4. The molecule has 3 heteroatoms. The largest absolute Gasteiger partial charge is 0.497 e. The zero-order valence-electron chi connectivity index (χ0n) is 11.5. The molecule has 1 rings (SSSR count). The summed E-state index contributed by atoms with van der Waals surface area (Å²) in [6, 6.07) is 5.96. The maximum atomic E-state index is 10.6. The number of esters is 1. The first-order chi connectivity index (χ1) is 9.17. The van der Waals surface area contributed by atoms with Gasteiger partial charge < -0.3 is 9.47 Å². The molecule has 0 spiro atoms. The average molecular weight is 260 g/mol. The molecule has 1 aromatic rings. The number of hydrogen-bond acceptors (Lipinski definition) is 3. The number of allylic oxidation sites excluding steroid dienone is 1. The third-order valence-electron chi connectivity index (χ3n) is 2.70. The summed E-state index contributed by atoms with van der Waals surface area (Å²) in [5, 5.41) is 0. The second-order valence-corrected chi connectivity index (χ2v) is 4.08. The highest BCUT2D eigenvalue weighted by molar-refractivity contribution is 5.66. The van der Waals surface area contributed by atoms with Gasteiger partial charge in [-0.25, -0.2) is 0 Å². The van der Waals surface area contributed by atoms with Crippen molar-refractivity contribution in [2.24, 2.45) is 0 Å². The van der Waals surface area contributed by atoms with Crippen molar-refractivity contribution < 1.29 is 14.3 Å². The summed E-state index contributed by atoms with van der Waals surface area (Å²) in [5.74, 6) is 0.593. The van der Waals surface area contributed by atoms with Crippen molar-refractivity contribution in [1.29, 1.82) is 0 Å². The zero-order chi connectivity index (χ0) is 14.1. The molecule has 102 valence electrons. The Kier molecular flexibility index (Phi) is 6.44. The van der Waals surface area contributed by atoms with Crippen molar-refractivity contribution in [1.82, 2.24) is 0 Å². The van der Waals surface area contributed by atoms with E-state index >= 15 is 0 Å². The molecule has 1 aromatic carbocycles. The van der Waals surface area contributed by atoms with Crippen molar-refractivity contribution in [2.45, 2.75) is 19.8 Å². The molecule has 0 unspecified atom stereocenters. The van der Waals surface area contributed by atoms with Crippen molar-refractivity contribution in [3.8, 4) is 5.75 Å². The second-order valence-electron chi connectivity index (χ2n) is 4.08. The number of rotatable bonds is 7. The molecule has 0 aliphatic heterocycles. The minimum atomic E-state index is -0.258. The van der Waals surface area contributed by atoms with Gasteiger partial charge in [0.15, 0.2) is 0 Å². The summed E-state index contributed by atoms with van der Waals surface area (Å²) < 4.78 is 10.0. The highest BCUT2D eigenvalue weighted by atomic mass is 16.5. The van der Waals surface area contributed by atoms with Gasteiger partial charge in [0.1, 0.15) is 12.4 Å². The summed E-state index contributed by atoms with van der Waals surface area (Å²) in [6.07, 6.45) is 7.49. The van der Waals surface area contributed by atoms with E-state index < -0.39 is 0 Å². The van der Waals surface area contributed by atoms with Crippen LogP contribution in [0.5, 0.6) is 5.75 Å². The van der Waals surface area contributed by atoms with Gasteiger partial charge in [0.05, 0.1) is 7.11 Å². The summed E-state index contributed by atoms with van der Waals surface area (Å²) in [4.78, 5) is 10.6. The Bertz CT molecular complexity index is 461. The molecule has 0 radical (unpaired) electrons. The van der Waals surface area contributed by atoms with E-state index in [2.05, 4.69) is 6.58 Å². The lowest BCUT2D eigenvalue weighted by Gasteiger charge is -2.07. The van der Waals surface area contributed by atoms with Gasteiger partial charge >= 0.3 is 5.97 Å². The number of carbonyl (C=O) groups is 1. The standard InChI is InChI=1S/C16H20O3/c1-4-14-9-10-16(18-3)12-15(14)8-6-5-7-11-19-13(2)17/h4-5,7,9-10,12H,1,6,8,11H2,2-3H3/b7-5+. The highest BCUT2D eigenvalue weighted by Gasteiger charge is 2.01. The summed E-state index contributed by atoms with van der Waals surface area (Å²) in [5.41, 5.74) is 2.32. The van der Waals surface area contributed by atoms with Gasteiger partial charge in [0, 0.05) is 6.92 Å². The van der Waals surface area contributed by atoms with Gasteiger partial charge in [-0.3, -0.25) is 4.79 Å². The van der Waals surface area contributed by atoms with Gasteiger partial charge in [-0.1, -0.05) is 30.9 Å². The lowest BCUT2D eigenvalue weighted by Crippen LogP contribution is -1.97. The fourth-order valence-electron chi connectivity index (χ4n) is 1.71. The van der Waals surface area contributed by atoms with Crippen LogP contribution in [0.25, 0.3) is 6.08 Å². The SMILES string of the molecule is C=Cc1ccc(OC)cc1CC/C=C/COC(C)=O. The van der Waals surface area contributed by atoms with E-state index in [0.29, 0.717) is 6.61 Å². The molecular formula is C16H20O3. The average Bonchev–Trinajstić information content (AvgIpc) is 2.42. The monoisotopic (exact) mass is 260 g/mol. The molecule has 0 atom stereocenters. The molecule has 0 heterocycles. The predicted octanol–water partition coefficient (Wildman–Crippen LogP) is 3.39. The molecule has 0 N–H and O–H groups in total. The van der Waals surface area contributed by atoms with Crippen LogP contribution in [-0.4, -0.2) is 19.7 Å². The van der Waals surface area contributed by atoms with E-state index in [-0.39, 0.29) is 5.97 Å². The Balaban J connectivity index is 2.52. The van der Waals surface area contributed by atoms with E-state index in [1.165, 1.54) is 12.5 Å². The first-order valence-electron chi connectivity index (χ1n) is 6.25. The van der Waals surface area contributed by atoms with Crippen LogP contribution in [0, 0.1) is 0 Å². The number of benzene rings is 1. The first kappa shape index (κ1) is 15.0. The smallest absolute Gasteiger partial charge is 0.302 e. The third-order valence-corrected chi connectivity index (χ3v) is 2.70. The van der Waals surface area contributed by atoms with E-state index in [0.717, 1.165) is 24.2 Å². The minimum absolute atomic E-state index is 0.258. The molecule has 19 heavy (non-hydrogen) atoms. The molecule has 0 aliphatic carbocycles. The Labute approximate surface area is 114 Å². The maximum absolute atomic E-state index is 10.6. The van der Waals surface area contributed by atoms with Gasteiger partial charge in [-0.05, 0) is 36.1 Å².